The lowest BCUT2D eigenvalue weighted by Gasteiger charge is -2.26. The summed E-state index contributed by atoms with van der Waals surface area (Å²) in [7, 11) is -7.48. The molecule has 0 radical (unpaired) electrons. The third-order valence-corrected chi connectivity index (χ3v) is 9.07. The minimum atomic E-state index is -3.80. The van der Waals surface area contributed by atoms with E-state index in [1.807, 2.05) is 0 Å². The monoisotopic (exact) mass is 473 g/mol. The van der Waals surface area contributed by atoms with Crippen molar-refractivity contribution in [3.63, 3.8) is 0 Å². The first-order valence-corrected chi connectivity index (χ1v) is 13.7. The molecule has 0 unspecified atom stereocenters. The van der Waals surface area contributed by atoms with Crippen LogP contribution in [-0.4, -0.2) is 66.4 Å². The van der Waals surface area contributed by atoms with Gasteiger partial charge >= 0.3 is 0 Å². The van der Waals surface area contributed by atoms with Crippen LogP contribution in [0.2, 0.25) is 0 Å². The van der Waals surface area contributed by atoms with Gasteiger partial charge in [0.05, 0.1) is 23.0 Å². The summed E-state index contributed by atoms with van der Waals surface area (Å²) in [5.41, 5.74) is 0. The van der Waals surface area contributed by atoms with Crippen molar-refractivity contribution in [3.8, 4) is 0 Å². The fraction of sp³-hybridized carbons (Fsp3) is 0.650. The Kier molecular flexibility index (Phi) is 8.45. The predicted octanol–water partition coefficient (Wildman–Crippen LogP) is 1.07. The number of hydrogen-bond acceptors (Lipinski definition) is 6. The van der Waals surface area contributed by atoms with E-state index < -0.39 is 20.0 Å². The van der Waals surface area contributed by atoms with E-state index in [0.29, 0.717) is 25.6 Å². The van der Waals surface area contributed by atoms with E-state index in [1.54, 1.807) is 0 Å². The molecule has 0 spiro atoms. The minimum absolute atomic E-state index is 0.0260. The van der Waals surface area contributed by atoms with E-state index in [0.717, 1.165) is 12.8 Å². The van der Waals surface area contributed by atoms with Gasteiger partial charge in [0.2, 0.25) is 26.0 Å². The highest BCUT2D eigenvalue weighted by molar-refractivity contribution is 7.89. The van der Waals surface area contributed by atoms with E-state index in [-0.39, 0.29) is 41.9 Å². The zero-order valence-electron chi connectivity index (χ0n) is 17.6. The van der Waals surface area contributed by atoms with Gasteiger partial charge in [0, 0.05) is 32.6 Å². The Morgan fingerprint density at radius 3 is 2.19 bits per heavy atom. The van der Waals surface area contributed by atoms with Crippen molar-refractivity contribution in [2.45, 2.75) is 48.3 Å². The first kappa shape index (κ1) is 24.1. The third kappa shape index (κ3) is 6.72. The molecule has 1 aromatic carbocycles. The van der Waals surface area contributed by atoms with Crippen LogP contribution in [0.5, 0.6) is 0 Å². The molecule has 1 amide bonds. The Labute approximate surface area is 184 Å². The molecular formula is C20H31N3O6S2. The van der Waals surface area contributed by atoms with Gasteiger partial charge in [-0.25, -0.2) is 21.6 Å². The number of carbonyl (C=O) groups excluding carboxylic acids is 1. The van der Waals surface area contributed by atoms with Crippen molar-refractivity contribution >= 4 is 26.0 Å². The number of nitrogens with zero attached hydrogens (tertiary/aromatic N) is 1. The molecule has 1 aromatic rings. The zero-order chi connectivity index (χ0) is 22.3. The average Bonchev–Trinajstić information content (AvgIpc) is 2.78. The van der Waals surface area contributed by atoms with Crippen LogP contribution in [0.15, 0.2) is 34.1 Å². The van der Waals surface area contributed by atoms with Crippen LogP contribution in [-0.2, 0) is 29.6 Å². The van der Waals surface area contributed by atoms with Gasteiger partial charge in [-0.2, -0.15) is 4.31 Å². The van der Waals surface area contributed by atoms with Gasteiger partial charge in [-0.1, -0.05) is 19.3 Å². The minimum Gasteiger partial charge on any atom is -0.379 e. The number of hydrogen-bond donors (Lipinski definition) is 2. The average molecular weight is 474 g/mol. The number of rotatable bonds is 9. The van der Waals surface area contributed by atoms with Crippen molar-refractivity contribution in [3.05, 3.63) is 24.3 Å². The molecule has 31 heavy (non-hydrogen) atoms. The summed E-state index contributed by atoms with van der Waals surface area (Å²) in [6.07, 6.45) is 6.23. The Morgan fingerprint density at radius 1 is 0.935 bits per heavy atom. The smallest absolute Gasteiger partial charge is 0.243 e. The first-order chi connectivity index (χ1) is 14.8. The normalized spacial score (nSPS) is 19.2. The predicted molar refractivity (Wildman–Crippen MR) is 115 cm³/mol. The molecule has 2 fully saturated rings. The molecule has 0 atom stereocenters. The van der Waals surface area contributed by atoms with Crippen molar-refractivity contribution < 1.29 is 26.4 Å². The molecule has 3 rings (SSSR count). The number of benzene rings is 1. The Balaban J connectivity index is 1.48. The molecule has 1 heterocycles. The molecule has 2 aliphatic rings. The maximum absolute atomic E-state index is 12.6. The highest BCUT2D eigenvalue weighted by Gasteiger charge is 2.26. The van der Waals surface area contributed by atoms with Gasteiger partial charge in [0.1, 0.15) is 0 Å². The number of amides is 1. The van der Waals surface area contributed by atoms with Crippen LogP contribution < -0.4 is 10.0 Å². The Morgan fingerprint density at radius 2 is 1.55 bits per heavy atom. The highest BCUT2D eigenvalue weighted by atomic mass is 32.2. The van der Waals surface area contributed by atoms with E-state index in [1.165, 1.54) is 47.8 Å². The topological polar surface area (TPSA) is 122 Å². The van der Waals surface area contributed by atoms with E-state index in [9.17, 15) is 21.6 Å². The summed E-state index contributed by atoms with van der Waals surface area (Å²) in [5.74, 6) is 0.376. The number of nitrogens with one attached hydrogen (secondary N) is 2. The molecule has 2 N–H and O–H groups in total. The molecular weight excluding hydrogens is 442 g/mol. The molecule has 174 valence electrons. The summed E-state index contributed by atoms with van der Waals surface area (Å²) < 4.78 is 59.1. The molecule has 0 aromatic heterocycles. The van der Waals surface area contributed by atoms with Crippen molar-refractivity contribution in [1.29, 1.82) is 0 Å². The van der Waals surface area contributed by atoms with Gasteiger partial charge < -0.3 is 10.1 Å². The third-order valence-electron chi connectivity index (χ3n) is 5.68. The van der Waals surface area contributed by atoms with Crippen LogP contribution in [0.4, 0.5) is 0 Å². The lowest BCUT2D eigenvalue weighted by molar-refractivity contribution is -0.122. The number of ether oxygens (including phenoxy) is 1. The van der Waals surface area contributed by atoms with Crippen LogP contribution in [0.3, 0.4) is 0 Å². The summed E-state index contributed by atoms with van der Waals surface area (Å²) >= 11 is 0. The van der Waals surface area contributed by atoms with Crippen LogP contribution in [0.25, 0.3) is 0 Å². The molecule has 0 bridgehead atoms. The van der Waals surface area contributed by atoms with Gasteiger partial charge in [-0.15, -0.1) is 0 Å². The molecule has 1 aliphatic carbocycles. The summed E-state index contributed by atoms with van der Waals surface area (Å²) in [6, 6.07) is 5.14. The Hall–Kier alpha value is -1.53. The largest absolute Gasteiger partial charge is 0.379 e. The van der Waals surface area contributed by atoms with Gasteiger partial charge in [-0.3, -0.25) is 4.79 Å². The number of carbonyl (C=O) groups is 1. The quantitative estimate of drug-likeness (QED) is 0.518. The van der Waals surface area contributed by atoms with Gasteiger partial charge in [0.15, 0.2) is 0 Å². The standard InChI is InChI=1S/C20H31N3O6S2/c24-20(16-17-4-2-1-3-5-17)21-10-11-22-30(25,26)18-6-8-19(9-7-18)31(27,28)23-12-14-29-15-13-23/h6-9,17,22H,1-5,10-16H2,(H,21,24). The van der Waals surface area contributed by atoms with Crippen molar-refractivity contribution in [2.24, 2.45) is 5.92 Å². The second kappa shape index (κ2) is 10.9. The van der Waals surface area contributed by atoms with E-state index in [2.05, 4.69) is 10.0 Å². The summed E-state index contributed by atoms with van der Waals surface area (Å²) in [4.78, 5) is 12.0. The van der Waals surface area contributed by atoms with Crippen molar-refractivity contribution in [1.82, 2.24) is 14.3 Å². The molecule has 11 heteroatoms. The summed E-state index contributed by atoms with van der Waals surface area (Å²) in [5, 5.41) is 2.76. The second-order valence-corrected chi connectivity index (χ2v) is 11.6. The lowest BCUT2D eigenvalue weighted by atomic mass is 9.87. The van der Waals surface area contributed by atoms with Crippen LogP contribution >= 0.6 is 0 Å². The fourth-order valence-electron chi connectivity index (χ4n) is 3.92. The first-order valence-electron chi connectivity index (χ1n) is 10.7. The highest BCUT2D eigenvalue weighted by Crippen LogP contribution is 2.26. The van der Waals surface area contributed by atoms with E-state index in [4.69, 9.17) is 4.74 Å². The van der Waals surface area contributed by atoms with E-state index >= 15 is 0 Å². The maximum Gasteiger partial charge on any atom is 0.243 e. The van der Waals surface area contributed by atoms with Crippen molar-refractivity contribution in [2.75, 3.05) is 39.4 Å². The van der Waals surface area contributed by atoms with Crippen LogP contribution in [0, 0.1) is 5.92 Å². The molecule has 1 saturated heterocycles. The Bertz CT molecular complexity index is 936. The second-order valence-electron chi connectivity index (χ2n) is 7.94. The van der Waals surface area contributed by atoms with Gasteiger partial charge in [-0.05, 0) is 43.0 Å². The summed E-state index contributed by atoms with van der Waals surface area (Å²) in [6.45, 7) is 1.49. The fourth-order valence-corrected chi connectivity index (χ4v) is 6.36. The SMILES string of the molecule is O=C(CC1CCCCC1)NCCNS(=O)(=O)c1ccc(S(=O)(=O)N2CCOCC2)cc1. The lowest BCUT2D eigenvalue weighted by Crippen LogP contribution is -2.40. The molecule has 1 saturated carbocycles. The zero-order valence-corrected chi connectivity index (χ0v) is 19.2. The van der Waals surface area contributed by atoms with Crippen LogP contribution in [0.1, 0.15) is 38.5 Å². The number of sulfonamides is 2. The molecule has 9 nitrogen and oxygen atoms in total. The maximum atomic E-state index is 12.6. The number of morpholine rings is 1. The molecule has 1 aliphatic heterocycles. The van der Waals surface area contributed by atoms with Gasteiger partial charge in [0.25, 0.3) is 0 Å².